The molecule has 1 amide bonds. The van der Waals surface area contributed by atoms with E-state index in [-0.39, 0.29) is 5.91 Å². The maximum absolute atomic E-state index is 12.2. The monoisotopic (exact) mass is 357 g/mol. The molecule has 2 aromatic rings. The third kappa shape index (κ3) is 5.31. The van der Waals surface area contributed by atoms with Gasteiger partial charge < -0.3 is 14.6 Å². The molecule has 1 heterocycles. The van der Waals surface area contributed by atoms with E-state index in [1.54, 1.807) is 0 Å². The Morgan fingerprint density at radius 3 is 2.62 bits per heavy atom. The van der Waals surface area contributed by atoms with Crippen molar-refractivity contribution < 1.29 is 14.1 Å². The number of aromatic nitrogens is 2. The number of hydrogen-bond acceptors (Lipinski definition) is 5. The van der Waals surface area contributed by atoms with E-state index in [9.17, 15) is 4.79 Å². The fourth-order valence-corrected chi connectivity index (χ4v) is 3.28. The largest absolute Gasteiger partial charge is 0.494 e. The maximum Gasteiger partial charge on any atom is 0.227 e. The second-order valence-corrected chi connectivity index (χ2v) is 6.73. The van der Waals surface area contributed by atoms with Gasteiger partial charge in [0, 0.05) is 24.4 Å². The van der Waals surface area contributed by atoms with Crippen molar-refractivity contribution in [2.45, 2.75) is 64.3 Å². The van der Waals surface area contributed by atoms with Crippen LogP contribution in [0.4, 0.5) is 0 Å². The molecule has 0 aliphatic heterocycles. The molecule has 1 aromatic heterocycles. The van der Waals surface area contributed by atoms with Crippen molar-refractivity contribution in [3.63, 3.8) is 0 Å². The summed E-state index contributed by atoms with van der Waals surface area (Å²) >= 11 is 0. The zero-order chi connectivity index (χ0) is 18.2. The Morgan fingerprint density at radius 2 is 1.92 bits per heavy atom. The van der Waals surface area contributed by atoms with Gasteiger partial charge in [-0.2, -0.15) is 4.98 Å². The van der Waals surface area contributed by atoms with Crippen molar-refractivity contribution in [1.82, 2.24) is 15.5 Å². The van der Waals surface area contributed by atoms with E-state index in [0.29, 0.717) is 37.2 Å². The summed E-state index contributed by atoms with van der Waals surface area (Å²) in [6.07, 6.45) is 8.00. The Hall–Kier alpha value is -2.37. The van der Waals surface area contributed by atoms with E-state index in [1.165, 1.54) is 25.7 Å². The highest BCUT2D eigenvalue weighted by atomic mass is 16.5. The van der Waals surface area contributed by atoms with Crippen LogP contribution >= 0.6 is 0 Å². The predicted molar refractivity (Wildman–Crippen MR) is 98.9 cm³/mol. The summed E-state index contributed by atoms with van der Waals surface area (Å²) < 4.78 is 10.7. The number of nitrogens with zero attached hydrogens (tertiary/aromatic N) is 2. The van der Waals surface area contributed by atoms with Gasteiger partial charge in [-0.25, -0.2) is 0 Å². The van der Waals surface area contributed by atoms with Gasteiger partial charge in [-0.3, -0.25) is 4.79 Å². The van der Waals surface area contributed by atoms with E-state index in [1.807, 2.05) is 31.2 Å². The number of rotatable bonds is 7. The summed E-state index contributed by atoms with van der Waals surface area (Å²) in [4.78, 5) is 16.5. The molecule has 26 heavy (non-hydrogen) atoms. The minimum absolute atomic E-state index is 0.0673. The fourth-order valence-electron chi connectivity index (χ4n) is 3.28. The van der Waals surface area contributed by atoms with Crippen molar-refractivity contribution in [1.29, 1.82) is 0 Å². The minimum atomic E-state index is 0.0673. The lowest BCUT2D eigenvalue weighted by Crippen LogP contribution is -2.34. The summed E-state index contributed by atoms with van der Waals surface area (Å²) in [6, 6.07) is 7.90. The van der Waals surface area contributed by atoms with Gasteiger partial charge >= 0.3 is 0 Å². The first-order chi connectivity index (χ1) is 12.7. The van der Waals surface area contributed by atoms with Crippen LogP contribution in [-0.4, -0.2) is 28.7 Å². The van der Waals surface area contributed by atoms with Gasteiger partial charge in [0.1, 0.15) is 5.75 Å². The number of carbonyl (C=O) groups is 1. The number of hydrogen-bond donors (Lipinski definition) is 1. The molecular weight excluding hydrogens is 330 g/mol. The summed E-state index contributed by atoms with van der Waals surface area (Å²) in [5.41, 5.74) is 0.867. The summed E-state index contributed by atoms with van der Waals surface area (Å²) in [7, 11) is 0. The van der Waals surface area contributed by atoms with Gasteiger partial charge in [0.15, 0.2) is 0 Å². The molecule has 0 unspecified atom stereocenters. The number of aryl methyl sites for hydroxylation is 1. The summed E-state index contributed by atoms with van der Waals surface area (Å²) in [6.45, 7) is 2.58. The Labute approximate surface area is 154 Å². The molecule has 6 nitrogen and oxygen atoms in total. The lowest BCUT2D eigenvalue weighted by molar-refractivity contribution is -0.121. The normalized spacial score (nSPS) is 15.4. The molecule has 1 saturated carbocycles. The van der Waals surface area contributed by atoms with Crippen LogP contribution in [0.3, 0.4) is 0 Å². The van der Waals surface area contributed by atoms with E-state index < -0.39 is 0 Å². The van der Waals surface area contributed by atoms with E-state index in [2.05, 4.69) is 15.5 Å². The molecule has 0 saturated heterocycles. The topological polar surface area (TPSA) is 77.2 Å². The highest BCUT2D eigenvalue weighted by Gasteiger charge is 2.16. The summed E-state index contributed by atoms with van der Waals surface area (Å²) in [5, 5.41) is 7.15. The number of ether oxygens (including phenoxy) is 1. The molecule has 140 valence electrons. The minimum Gasteiger partial charge on any atom is -0.494 e. The predicted octanol–water partition coefficient (Wildman–Crippen LogP) is 3.91. The first kappa shape index (κ1) is 18.4. The molecule has 1 aromatic carbocycles. The maximum atomic E-state index is 12.2. The van der Waals surface area contributed by atoms with Crippen LogP contribution in [0, 0.1) is 0 Å². The van der Waals surface area contributed by atoms with Crippen LogP contribution < -0.4 is 10.1 Å². The van der Waals surface area contributed by atoms with Crippen molar-refractivity contribution >= 4 is 5.91 Å². The van der Waals surface area contributed by atoms with Crippen LogP contribution in [0.1, 0.15) is 57.8 Å². The molecule has 0 atom stereocenters. The molecule has 1 aliphatic carbocycles. The average molecular weight is 357 g/mol. The second kappa shape index (κ2) is 9.36. The van der Waals surface area contributed by atoms with Crippen molar-refractivity contribution in [3.05, 3.63) is 30.2 Å². The van der Waals surface area contributed by atoms with Gasteiger partial charge in [0.25, 0.3) is 0 Å². The Bertz CT molecular complexity index is 689. The molecular formula is C20H27N3O3. The molecule has 0 bridgehead atoms. The molecule has 3 rings (SSSR count). The third-order valence-corrected chi connectivity index (χ3v) is 4.68. The van der Waals surface area contributed by atoms with E-state index >= 15 is 0 Å². The van der Waals surface area contributed by atoms with Crippen LogP contribution in [-0.2, 0) is 11.2 Å². The van der Waals surface area contributed by atoms with Crippen LogP contribution in [0.5, 0.6) is 5.75 Å². The zero-order valence-electron chi connectivity index (χ0n) is 15.4. The van der Waals surface area contributed by atoms with E-state index in [4.69, 9.17) is 9.26 Å². The molecule has 1 fully saturated rings. The SMILES string of the molecule is CCOc1ccc(-c2noc(CCC(=O)NC3CCCCCC3)n2)cc1. The number of carbonyl (C=O) groups excluding carboxylic acids is 1. The van der Waals surface area contributed by atoms with Crippen LogP contribution in [0.15, 0.2) is 28.8 Å². The van der Waals surface area contributed by atoms with Crippen molar-refractivity contribution in [3.8, 4) is 17.1 Å². The lowest BCUT2D eigenvalue weighted by atomic mass is 10.1. The van der Waals surface area contributed by atoms with Crippen molar-refractivity contribution in [2.24, 2.45) is 0 Å². The van der Waals surface area contributed by atoms with Gasteiger partial charge in [0.05, 0.1) is 6.61 Å². The molecule has 1 N–H and O–H groups in total. The lowest BCUT2D eigenvalue weighted by Gasteiger charge is -2.15. The molecule has 1 aliphatic rings. The second-order valence-electron chi connectivity index (χ2n) is 6.73. The number of nitrogens with one attached hydrogen (secondary N) is 1. The zero-order valence-corrected chi connectivity index (χ0v) is 15.4. The average Bonchev–Trinajstić information content (AvgIpc) is 2.98. The van der Waals surface area contributed by atoms with Crippen LogP contribution in [0.25, 0.3) is 11.4 Å². The van der Waals surface area contributed by atoms with Gasteiger partial charge in [-0.1, -0.05) is 30.8 Å². The summed E-state index contributed by atoms with van der Waals surface area (Å²) in [5.74, 6) is 1.91. The van der Waals surface area contributed by atoms with Gasteiger partial charge in [-0.05, 0) is 44.0 Å². The van der Waals surface area contributed by atoms with Gasteiger partial charge in [0.2, 0.25) is 17.6 Å². The molecule has 6 heteroatoms. The van der Waals surface area contributed by atoms with E-state index in [0.717, 1.165) is 24.2 Å². The Kier molecular flexibility index (Phi) is 6.63. The molecule has 0 radical (unpaired) electrons. The van der Waals surface area contributed by atoms with Crippen LogP contribution in [0.2, 0.25) is 0 Å². The first-order valence-corrected chi connectivity index (χ1v) is 9.60. The smallest absolute Gasteiger partial charge is 0.227 e. The highest BCUT2D eigenvalue weighted by molar-refractivity contribution is 5.76. The number of benzene rings is 1. The highest BCUT2D eigenvalue weighted by Crippen LogP contribution is 2.20. The van der Waals surface area contributed by atoms with Gasteiger partial charge in [-0.15, -0.1) is 0 Å². The third-order valence-electron chi connectivity index (χ3n) is 4.68. The quantitative estimate of drug-likeness (QED) is 0.760. The Morgan fingerprint density at radius 1 is 1.19 bits per heavy atom. The fraction of sp³-hybridized carbons (Fsp3) is 0.550. The first-order valence-electron chi connectivity index (χ1n) is 9.60. The van der Waals surface area contributed by atoms with Crippen molar-refractivity contribution in [2.75, 3.05) is 6.61 Å². The Balaban J connectivity index is 1.49. The number of amides is 1. The standard InChI is InChI=1S/C20H27N3O3/c1-2-25-17-11-9-15(10-12-17)20-22-19(26-23-20)14-13-18(24)21-16-7-5-3-4-6-8-16/h9-12,16H,2-8,13-14H2,1H3,(H,21,24). The molecule has 0 spiro atoms.